The molecule has 0 spiro atoms. The Bertz CT molecular complexity index is 834. The predicted molar refractivity (Wildman–Crippen MR) is 138 cm³/mol. The van der Waals surface area contributed by atoms with Gasteiger partial charge in [-0.05, 0) is 66.7 Å². The highest BCUT2D eigenvalue weighted by Crippen LogP contribution is 2.47. The first-order valence-electron chi connectivity index (χ1n) is 13.3. The van der Waals surface area contributed by atoms with Crippen LogP contribution in [-0.4, -0.2) is 0 Å². The van der Waals surface area contributed by atoms with Crippen molar-refractivity contribution in [3.8, 4) is 17.2 Å². The monoisotopic (exact) mass is 429 g/mol. The Morgan fingerprint density at radius 3 is 2.12 bits per heavy atom. The highest BCUT2D eigenvalue weighted by atomic mass is 14.4. The van der Waals surface area contributed by atoms with Gasteiger partial charge in [-0.2, -0.15) is 5.26 Å². The second kappa shape index (κ2) is 12.8. The van der Waals surface area contributed by atoms with Crippen molar-refractivity contribution in [1.29, 1.82) is 5.26 Å². The number of unbranched alkanes of at least 4 members (excludes halogenated alkanes) is 6. The molecule has 1 nitrogen and oxygen atoms in total. The molecule has 1 aliphatic rings. The van der Waals surface area contributed by atoms with Crippen LogP contribution in [0.15, 0.2) is 48.5 Å². The Morgan fingerprint density at radius 2 is 1.47 bits per heavy atom. The Morgan fingerprint density at radius 1 is 0.812 bits per heavy atom. The first-order chi connectivity index (χ1) is 15.7. The second-order valence-corrected chi connectivity index (χ2v) is 10.1. The van der Waals surface area contributed by atoms with Crippen molar-refractivity contribution in [2.24, 2.45) is 5.41 Å². The molecule has 1 aliphatic carbocycles. The van der Waals surface area contributed by atoms with Crippen molar-refractivity contribution in [3.63, 3.8) is 0 Å². The molecule has 1 saturated carbocycles. The van der Waals surface area contributed by atoms with E-state index in [0.717, 1.165) is 38.5 Å². The maximum Gasteiger partial charge on any atom is 0.0689 e. The maximum absolute atomic E-state index is 10.0. The third-order valence-corrected chi connectivity index (χ3v) is 7.64. The minimum atomic E-state index is -0.0728. The van der Waals surface area contributed by atoms with E-state index in [4.69, 9.17) is 0 Å². The Balaban J connectivity index is 1.58. The molecule has 2 aromatic carbocycles. The van der Waals surface area contributed by atoms with Gasteiger partial charge in [-0.3, -0.25) is 0 Å². The predicted octanol–water partition coefficient (Wildman–Crippen LogP) is 9.61. The summed E-state index contributed by atoms with van der Waals surface area (Å²) < 4.78 is 0. The molecule has 0 atom stereocenters. The molecule has 0 saturated heterocycles. The number of hydrogen-bond donors (Lipinski definition) is 0. The molecular formula is C31H43N. The van der Waals surface area contributed by atoms with Gasteiger partial charge in [0.15, 0.2) is 0 Å². The Kier molecular flexibility index (Phi) is 9.86. The zero-order valence-corrected chi connectivity index (χ0v) is 20.5. The molecule has 32 heavy (non-hydrogen) atoms. The summed E-state index contributed by atoms with van der Waals surface area (Å²) in [6, 6.07) is 20.9. The Hall–Kier alpha value is -2.07. The number of rotatable bonds is 12. The van der Waals surface area contributed by atoms with Gasteiger partial charge in [0.1, 0.15) is 0 Å². The van der Waals surface area contributed by atoms with Gasteiger partial charge in [-0.15, -0.1) is 0 Å². The minimum absolute atomic E-state index is 0.0728. The summed E-state index contributed by atoms with van der Waals surface area (Å²) in [5.74, 6) is 0.581. The van der Waals surface area contributed by atoms with Gasteiger partial charge in [0.2, 0.25) is 0 Å². The van der Waals surface area contributed by atoms with Gasteiger partial charge >= 0.3 is 0 Å². The van der Waals surface area contributed by atoms with Crippen LogP contribution in [0.3, 0.4) is 0 Å². The van der Waals surface area contributed by atoms with Crippen molar-refractivity contribution >= 4 is 0 Å². The van der Waals surface area contributed by atoms with Crippen LogP contribution in [0, 0.1) is 16.7 Å². The molecule has 0 amide bonds. The van der Waals surface area contributed by atoms with E-state index in [9.17, 15) is 5.26 Å². The maximum atomic E-state index is 10.0. The van der Waals surface area contributed by atoms with Gasteiger partial charge in [0.25, 0.3) is 0 Å². The van der Waals surface area contributed by atoms with Gasteiger partial charge in [-0.25, -0.2) is 0 Å². The number of aryl methyl sites for hydroxylation is 1. The molecule has 0 bridgehead atoms. The van der Waals surface area contributed by atoms with E-state index in [1.165, 1.54) is 73.6 Å². The SMILES string of the molecule is CCCCCCCCCC1(C#N)CCC(c2ccccc2-c2ccc(CCC)cc2)CC1. The largest absolute Gasteiger partial charge is 0.198 e. The zero-order chi connectivity index (χ0) is 22.7. The summed E-state index contributed by atoms with van der Waals surface area (Å²) in [7, 11) is 0. The fraction of sp³-hybridized carbons (Fsp3) is 0.581. The van der Waals surface area contributed by atoms with Crippen LogP contribution in [0.2, 0.25) is 0 Å². The molecule has 1 fully saturated rings. The molecule has 0 unspecified atom stereocenters. The van der Waals surface area contributed by atoms with Crippen molar-refractivity contribution in [1.82, 2.24) is 0 Å². The van der Waals surface area contributed by atoms with E-state index in [1.807, 2.05) is 0 Å². The molecule has 0 N–H and O–H groups in total. The van der Waals surface area contributed by atoms with Crippen LogP contribution in [0.4, 0.5) is 0 Å². The van der Waals surface area contributed by atoms with Gasteiger partial charge in [0.05, 0.1) is 11.5 Å². The minimum Gasteiger partial charge on any atom is -0.198 e. The lowest BCUT2D eigenvalue weighted by molar-refractivity contribution is 0.223. The highest BCUT2D eigenvalue weighted by molar-refractivity contribution is 5.68. The summed E-state index contributed by atoms with van der Waals surface area (Å²) >= 11 is 0. The number of hydrogen-bond acceptors (Lipinski definition) is 1. The lowest BCUT2D eigenvalue weighted by atomic mass is 9.67. The molecule has 1 heteroatoms. The van der Waals surface area contributed by atoms with Crippen molar-refractivity contribution in [3.05, 3.63) is 59.7 Å². The molecular weight excluding hydrogens is 386 g/mol. The van der Waals surface area contributed by atoms with Crippen LogP contribution in [-0.2, 0) is 6.42 Å². The molecule has 0 radical (unpaired) electrons. The number of nitriles is 1. The molecule has 172 valence electrons. The summed E-state index contributed by atoms with van der Waals surface area (Å²) in [5.41, 5.74) is 5.56. The lowest BCUT2D eigenvalue weighted by Gasteiger charge is -2.36. The van der Waals surface area contributed by atoms with Crippen molar-refractivity contribution < 1.29 is 0 Å². The topological polar surface area (TPSA) is 23.8 Å². The molecule has 0 aromatic heterocycles. The first kappa shape index (κ1) is 24.6. The summed E-state index contributed by atoms with van der Waals surface area (Å²) in [6.45, 7) is 4.51. The average molecular weight is 430 g/mol. The van der Waals surface area contributed by atoms with E-state index in [2.05, 4.69) is 68.4 Å². The normalized spacial score (nSPS) is 20.7. The van der Waals surface area contributed by atoms with Crippen LogP contribution >= 0.6 is 0 Å². The van der Waals surface area contributed by atoms with Gasteiger partial charge in [0, 0.05) is 0 Å². The average Bonchev–Trinajstić information content (AvgIpc) is 2.85. The van der Waals surface area contributed by atoms with Crippen LogP contribution < -0.4 is 0 Å². The summed E-state index contributed by atoms with van der Waals surface area (Å²) in [5, 5.41) is 10.0. The quantitative estimate of drug-likeness (QED) is 0.308. The van der Waals surface area contributed by atoms with E-state index in [0.29, 0.717) is 5.92 Å². The Labute approximate surface area is 197 Å². The van der Waals surface area contributed by atoms with Crippen LogP contribution in [0.5, 0.6) is 0 Å². The fourth-order valence-electron chi connectivity index (χ4n) is 5.58. The zero-order valence-electron chi connectivity index (χ0n) is 20.5. The van der Waals surface area contributed by atoms with Crippen molar-refractivity contribution in [2.75, 3.05) is 0 Å². The van der Waals surface area contributed by atoms with Crippen LogP contribution in [0.25, 0.3) is 11.1 Å². The smallest absolute Gasteiger partial charge is 0.0689 e. The number of nitrogens with zero attached hydrogens (tertiary/aromatic N) is 1. The van der Waals surface area contributed by atoms with E-state index >= 15 is 0 Å². The van der Waals surface area contributed by atoms with Crippen LogP contribution in [0.1, 0.15) is 114 Å². The summed E-state index contributed by atoms with van der Waals surface area (Å²) in [4.78, 5) is 0. The lowest BCUT2D eigenvalue weighted by Crippen LogP contribution is -2.25. The molecule has 0 heterocycles. The highest BCUT2D eigenvalue weighted by Gasteiger charge is 2.35. The third-order valence-electron chi connectivity index (χ3n) is 7.64. The van der Waals surface area contributed by atoms with Crippen molar-refractivity contribution in [2.45, 2.75) is 110 Å². The standard InChI is InChI=1S/C31H43N/c1-3-5-6-7-8-9-12-22-31(25-32)23-20-28(21-24-31)30-15-11-10-14-29(30)27-18-16-26(13-4-2)17-19-27/h10-11,14-19,28H,3-9,12-13,20-24H2,1-2H3. The van der Waals surface area contributed by atoms with Gasteiger partial charge < -0.3 is 0 Å². The first-order valence-corrected chi connectivity index (χ1v) is 13.3. The van der Waals surface area contributed by atoms with E-state index in [1.54, 1.807) is 0 Å². The third kappa shape index (κ3) is 6.71. The molecule has 0 aliphatic heterocycles. The summed E-state index contributed by atoms with van der Waals surface area (Å²) in [6.07, 6.45) is 17.2. The van der Waals surface area contributed by atoms with E-state index in [-0.39, 0.29) is 5.41 Å². The van der Waals surface area contributed by atoms with Gasteiger partial charge in [-0.1, -0.05) is 114 Å². The molecule has 3 rings (SSSR count). The number of benzene rings is 2. The molecule has 2 aromatic rings. The second-order valence-electron chi connectivity index (χ2n) is 10.1. The van der Waals surface area contributed by atoms with E-state index < -0.39 is 0 Å². The fourth-order valence-corrected chi connectivity index (χ4v) is 5.58.